The summed E-state index contributed by atoms with van der Waals surface area (Å²) in [5.41, 5.74) is 2.35. The zero-order valence-electron chi connectivity index (χ0n) is 12.3. The molecule has 1 atom stereocenters. The third-order valence-electron chi connectivity index (χ3n) is 4.11. The van der Waals surface area contributed by atoms with Gasteiger partial charge in [-0.3, -0.25) is 4.79 Å². The number of nitrogens with zero attached hydrogens (tertiary/aromatic N) is 1. The number of rotatable bonds is 3. The van der Waals surface area contributed by atoms with E-state index in [4.69, 9.17) is 4.74 Å². The van der Waals surface area contributed by atoms with Crippen molar-refractivity contribution < 1.29 is 9.53 Å². The minimum absolute atomic E-state index is 0.186. The summed E-state index contributed by atoms with van der Waals surface area (Å²) in [5, 5.41) is 2.12. The molecule has 3 nitrogen and oxygen atoms in total. The van der Waals surface area contributed by atoms with Crippen molar-refractivity contribution in [2.75, 3.05) is 13.7 Å². The smallest absolute Gasteiger partial charge is 0.227 e. The van der Waals surface area contributed by atoms with Crippen LogP contribution in [0.5, 0.6) is 5.75 Å². The van der Waals surface area contributed by atoms with Gasteiger partial charge in [0.2, 0.25) is 5.91 Å². The van der Waals surface area contributed by atoms with E-state index in [9.17, 15) is 4.79 Å². The highest BCUT2D eigenvalue weighted by Crippen LogP contribution is 2.33. The van der Waals surface area contributed by atoms with Crippen molar-refractivity contribution in [1.29, 1.82) is 0 Å². The molecular weight excluding hydrogens is 282 g/mol. The van der Waals surface area contributed by atoms with Crippen molar-refractivity contribution in [2.45, 2.75) is 25.8 Å². The lowest BCUT2D eigenvalue weighted by atomic mass is 10.0. The quantitative estimate of drug-likeness (QED) is 0.869. The summed E-state index contributed by atoms with van der Waals surface area (Å²) in [4.78, 5) is 16.0. The van der Waals surface area contributed by atoms with Crippen LogP contribution in [0, 0.1) is 0 Å². The number of carbonyl (C=O) groups excluding carboxylic acids is 1. The Kier molecular flexibility index (Phi) is 3.97. The maximum absolute atomic E-state index is 12.6. The first kappa shape index (κ1) is 14.1. The molecule has 1 amide bonds. The number of benzene rings is 1. The Morgan fingerprint density at radius 3 is 2.81 bits per heavy atom. The number of thiophene rings is 1. The number of hydrogen-bond donors (Lipinski definition) is 0. The van der Waals surface area contributed by atoms with Gasteiger partial charge in [-0.25, -0.2) is 0 Å². The third kappa shape index (κ3) is 2.81. The number of hydrogen-bond acceptors (Lipinski definition) is 3. The molecule has 0 radical (unpaired) electrons. The maximum Gasteiger partial charge on any atom is 0.227 e. The number of methoxy groups -OCH3 is 1. The van der Waals surface area contributed by atoms with Gasteiger partial charge in [-0.05, 0) is 48.1 Å². The zero-order chi connectivity index (χ0) is 14.8. The van der Waals surface area contributed by atoms with Gasteiger partial charge in [0.15, 0.2) is 0 Å². The molecule has 4 heteroatoms. The predicted octanol–water partition coefficient (Wildman–Crippen LogP) is 3.45. The van der Waals surface area contributed by atoms with E-state index < -0.39 is 0 Å². The number of carbonyl (C=O) groups is 1. The fraction of sp³-hybridized carbons (Fsp3) is 0.353. The molecule has 2 heterocycles. The summed E-state index contributed by atoms with van der Waals surface area (Å²) in [6.45, 7) is 2.94. The minimum atomic E-state index is 0.186. The van der Waals surface area contributed by atoms with Gasteiger partial charge < -0.3 is 9.64 Å². The van der Waals surface area contributed by atoms with Crippen molar-refractivity contribution in [3.8, 4) is 5.75 Å². The maximum atomic E-state index is 12.6. The molecule has 2 aromatic rings. The lowest BCUT2D eigenvalue weighted by molar-refractivity contribution is -0.133. The van der Waals surface area contributed by atoms with Crippen molar-refractivity contribution >= 4 is 17.2 Å². The molecule has 0 saturated carbocycles. The van der Waals surface area contributed by atoms with Gasteiger partial charge in [0.05, 0.1) is 19.6 Å². The molecule has 0 N–H and O–H groups in total. The molecule has 1 aliphatic heterocycles. The van der Waals surface area contributed by atoms with E-state index in [1.807, 2.05) is 29.2 Å². The molecule has 0 spiro atoms. The van der Waals surface area contributed by atoms with Gasteiger partial charge in [-0.15, -0.1) is 11.3 Å². The van der Waals surface area contributed by atoms with Crippen LogP contribution in [0.4, 0.5) is 0 Å². The summed E-state index contributed by atoms with van der Waals surface area (Å²) < 4.78 is 5.14. The van der Waals surface area contributed by atoms with Crippen LogP contribution in [0.2, 0.25) is 0 Å². The minimum Gasteiger partial charge on any atom is -0.497 e. The van der Waals surface area contributed by atoms with E-state index in [-0.39, 0.29) is 11.9 Å². The summed E-state index contributed by atoms with van der Waals surface area (Å²) >= 11 is 1.80. The second kappa shape index (κ2) is 5.90. The molecule has 1 unspecified atom stereocenters. The molecule has 1 aromatic heterocycles. The topological polar surface area (TPSA) is 29.5 Å². The van der Waals surface area contributed by atoms with Crippen LogP contribution >= 0.6 is 11.3 Å². The van der Waals surface area contributed by atoms with Gasteiger partial charge in [-0.1, -0.05) is 12.1 Å². The van der Waals surface area contributed by atoms with Crippen LogP contribution in [0.3, 0.4) is 0 Å². The van der Waals surface area contributed by atoms with E-state index in [1.54, 1.807) is 18.4 Å². The van der Waals surface area contributed by atoms with Gasteiger partial charge in [0.25, 0.3) is 0 Å². The first-order valence-electron chi connectivity index (χ1n) is 7.17. The van der Waals surface area contributed by atoms with Crippen LogP contribution < -0.4 is 4.74 Å². The standard InChI is InChI=1S/C17H19NO2S/c1-12-15-8-10-21-16(15)7-9-18(12)17(19)11-13-3-5-14(20-2)6-4-13/h3-6,8,10,12H,7,9,11H2,1-2H3. The highest BCUT2D eigenvalue weighted by molar-refractivity contribution is 7.10. The highest BCUT2D eigenvalue weighted by atomic mass is 32.1. The Labute approximate surface area is 129 Å². The largest absolute Gasteiger partial charge is 0.497 e. The van der Waals surface area contributed by atoms with Crippen LogP contribution in [0.25, 0.3) is 0 Å². The number of ether oxygens (including phenoxy) is 1. The number of fused-ring (bicyclic) bond motifs is 1. The van der Waals surface area contributed by atoms with Crippen molar-refractivity contribution in [3.63, 3.8) is 0 Å². The monoisotopic (exact) mass is 301 g/mol. The fourth-order valence-electron chi connectivity index (χ4n) is 2.87. The predicted molar refractivity (Wildman–Crippen MR) is 84.8 cm³/mol. The van der Waals surface area contributed by atoms with Crippen molar-refractivity contribution in [2.24, 2.45) is 0 Å². The highest BCUT2D eigenvalue weighted by Gasteiger charge is 2.28. The van der Waals surface area contributed by atoms with Gasteiger partial charge in [-0.2, -0.15) is 0 Å². The first-order valence-corrected chi connectivity index (χ1v) is 8.05. The van der Waals surface area contributed by atoms with Gasteiger partial charge in [0.1, 0.15) is 5.75 Å². The molecule has 110 valence electrons. The molecule has 0 saturated heterocycles. The van der Waals surface area contributed by atoms with Crippen LogP contribution in [-0.4, -0.2) is 24.5 Å². The Bertz CT molecular complexity index is 632. The Hall–Kier alpha value is -1.81. The molecule has 0 bridgehead atoms. The van der Waals surface area contributed by atoms with Crippen molar-refractivity contribution in [3.05, 3.63) is 51.7 Å². The zero-order valence-corrected chi connectivity index (χ0v) is 13.2. The van der Waals surface area contributed by atoms with Gasteiger partial charge in [0, 0.05) is 11.4 Å². The average molecular weight is 301 g/mol. The summed E-state index contributed by atoms with van der Waals surface area (Å²) in [7, 11) is 1.65. The lowest BCUT2D eigenvalue weighted by Gasteiger charge is -2.33. The molecular formula is C17H19NO2S. The van der Waals surface area contributed by atoms with E-state index in [0.29, 0.717) is 6.42 Å². The molecule has 1 aliphatic rings. The SMILES string of the molecule is COc1ccc(CC(=O)N2CCc3sccc3C2C)cc1. The van der Waals surface area contributed by atoms with E-state index >= 15 is 0 Å². The Morgan fingerprint density at radius 1 is 1.33 bits per heavy atom. The molecule has 1 aromatic carbocycles. The van der Waals surface area contributed by atoms with E-state index in [0.717, 1.165) is 24.3 Å². The molecule has 0 aliphatic carbocycles. The second-order valence-corrected chi connectivity index (χ2v) is 6.34. The third-order valence-corrected chi connectivity index (χ3v) is 5.11. The van der Waals surface area contributed by atoms with Crippen molar-refractivity contribution in [1.82, 2.24) is 4.90 Å². The van der Waals surface area contributed by atoms with Gasteiger partial charge >= 0.3 is 0 Å². The summed E-state index contributed by atoms with van der Waals surface area (Å²) in [5.74, 6) is 1.02. The van der Waals surface area contributed by atoms with E-state index in [2.05, 4.69) is 18.4 Å². The average Bonchev–Trinajstić information content (AvgIpc) is 2.98. The molecule has 21 heavy (non-hydrogen) atoms. The number of amides is 1. The molecule has 0 fully saturated rings. The first-order chi connectivity index (χ1) is 10.2. The Morgan fingerprint density at radius 2 is 2.10 bits per heavy atom. The van der Waals surface area contributed by atoms with Crippen LogP contribution in [0.15, 0.2) is 35.7 Å². The molecule has 3 rings (SSSR count). The Balaban J connectivity index is 1.71. The van der Waals surface area contributed by atoms with Crippen LogP contribution in [-0.2, 0) is 17.6 Å². The second-order valence-electron chi connectivity index (χ2n) is 5.34. The van der Waals surface area contributed by atoms with Crippen LogP contribution in [0.1, 0.15) is 29.0 Å². The lowest BCUT2D eigenvalue weighted by Crippen LogP contribution is -2.39. The summed E-state index contributed by atoms with van der Waals surface area (Å²) in [6, 6.07) is 10.1. The summed E-state index contributed by atoms with van der Waals surface area (Å²) in [6.07, 6.45) is 1.43. The van der Waals surface area contributed by atoms with E-state index in [1.165, 1.54) is 10.4 Å². The fourth-order valence-corrected chi connectivity index (χ4v) is 3.83. The normalized spacial score (nSPS) is 17.4.